The number of halogens is 1. The van der Waals surface area contributed by atoms with Crippen LogP contribution in [0.25, 0.3) is 11.1 Å². The van der Waals surface area contributed by atoms with E-state index in [-0.39, 0.29) is 6.42 Å². The molecule has 0 heterocycles. The zero-order chi connectivity index (χ0) is 13.9. The molecule has 2 aromatic rings. The Hall–Kier alpha value is -1.72. The SMILES string of the molecule is O=S(=O)(O)CCc1c(F)cccc1-c1ccccc1. The monoisotopic (exact) mass is 280 g/mol. The van der Waals surface area contributed by atoms with Crippen LogP contribution in [0.1, 0.15) is 5.56 Å². The van der Waals surface area contributed by atoms with Gasteiger partial charge in [-0.05, 0) is 29.2 Å². The van der Waals surface area contributed by atoms with E-state index in [9.17, 15) is 12.8 Å². The Labute approximate surface area is 111 Å². The standard InChI is InChI=1S/C14H13FO3S/c15-14-8-4-7-12(11-5-2-1-3-6-11)13(14)9-10-19(16,17)18/h1-8H,9-10H2,(H,16,17,18). The fourth-order valence-corrected chi connectivity index (χ4v) is 2.39. The van der Waals surface area contributed by atoms with Crippen LogP contribution >= 0.6 is 0 Å². The maximum absolute atomic E-state index is 13.8. The Bertz CT molecular complexity index is 666. The van der Waals surface area contributed by atoms with Crippen LogP contribution in [0.2, 0.25) is 0 Å². The lowest BCUT2D eigenvalue weighted by atomic mass is 9.98. The molecule has 0 spiro atoms. The summed E-state index contributed by atoms with van der Waals surface area (Å²) in [7, 11) is -4.10. The molecule has 0 aliphatic rings. The molecule has 5 heteroatoms. The van der Waals surface area contributed by atoms with E-state index < -0.39 is 21.7 Å². The maximum Gasteiger partial charge on any atom is 0.265 e. The molecule has 0 aromatic heterocycles. The molecule has 0 atom stereocenters. The molecule has 0 amide bonds. The van der Waals surface area contributed by atoms with Crippen LogP contribution in [0.5, 0.6) is 0 Å². The van der Waals surface area contributed by atoms with Crippen molar-refractivity contribution in [3.63, 3.8) is 0 Å². The summed E-state index contributed by atoms with van der Waals surface area (Å²) >= 11 is 0. The first-order valence-corrected chi connectivity index (χ1v) is 7.36. The van der Waals surface area contributed by atoms with Crippen LogP contribution in [0.4, 0.5) is 4.39 Å². The Morgan fingerprint density at radius 2 is 1.68 bits per heavy atom. The minimum Gasteiger partial charge on any atom is -0.286 e. The Morgan fingerprint density at radius 1 is 1.00 bits per heavy atom. The van der Waals surface area contributed by atoms with Crippen molar-refractivity contribution in [2.24, 2.45) is 0 Å². The molecule has 0 bridgehead atoms. The Kier molecular flexibility index (Phi) is 3.97. The third-order valence-electron chi connectivity index (χ3n) is 2.81. The van der Waals surface area contributed by atoms with Crippen LogP contribution in [-0.2, 0) is 16.5 Å². The highest BCUT2D eigenvalue weighted by Gasteiger charge is 2.13. The summed E-state index contributed by atoms with van der Waals surface area (Å²) in [4.78, 5) is 0. The van der Waals surface area contributed by atoms with E-state index in [1.54, 1.807) is 12.1 Å². The van der Waals surface area contributed by atoms with Gasteiger partial charge in [0.1, 0.15) is 5.82 Å². The molecule has 2 aromatic carbocycles. The molecule has 0 fully saturated rings. The average molecular weight is 280 g/mol. The van der Waals surface area contributed by atoms with E-state index in [0.717, 1.165) is 5.56 Å². The highest BCUT2D eigenvalue weighted by Crippen LogP contribution is 2.26. The molecule has 0 aliphatic carbocycles. The zero-order valence-corrected chi connectivity index (χ0v) is 10.9. The smallest absolute Gasteiger partial charge is 0.265 e. The van der Waals surface area contributed by atoms with Gasteiger partial charge in [0.15, 0.2) is 0 Å². The first-order chi connectivity index (χ1) is 8.97. The molecule has 0 unspecified atom stereocenters. The van der Waals surface area contributed by atoms with Crippen molar-refractivity contribution in [2.75, 3.05) is 5.75 Å². The predicted octanol–water partition coefficient (Wildman–Crippen LogP) is 2.92. The van der Waals surface area contributed by atoms with Gasteiger partial charge in [-0.15, -0.1) is 0 Å². The molecule has 3 nitrogen and oxygen atoms in total. The number of rotatable bonds is 4. The third-order valence-corrected chi connectivity index (χ3v) is 3.53. The summed E-state index contributed by atoms with van der Waals surface area (Å²) in [6, 6.07) is 13.7. The van der Waals surface area contributed by atoms with Crippen molar-refractivity contribution in [1.29, 1.82) is 0 Å². The summed E-state index contributed by atoms with van der Waals surface area (Å²) < 4.78 is 44.2. The van der Waals surface area contributed by atoms with Crippen molar-refractivity contribution in [1.82, 2.24) is 0 Å². The zero-order valence-electron chi connectivity index (χ0n) is 10.1. The minimum atomic E-state index is -4.10. The molecular formula is C14H13FO3S. The maximum atomic E-state index is 13.8. The molecular weight excluding hydrogens is 267 g/mol. The number of hydrogen-bond acceptors (Lipinski definition) is 2. The van der Waals surface area contributed by atoms with E-state index >= 15 is 0 Å². The minimum absolute atomic E-state index is 0.0598. The number of benzene rings is 2. The predicted molar refractivity (Wildman–Crippen MR) is 72.0 cm³/mol. The van der Waals surface area contributed by atoms with Gasteiger partial charge in [-0.1, -0.05) is 42.5 Å². The van der Waals surface area contributed by atoms with Gasteiger partial charge in [-0.2, -0.15) is 8.42 Å². The van der Waals surface area contributed by atoms with Crippen LogP contribution in [0, 0.1) is 5.82 Å². The van der Waals surface area contributed by atoms with E-state index in [4.69, 9.17) is 4.55 Å². The fraction of sp³-hybridized carbons (Fsp3) is 0.143. The van der Waals surface area contributed by atoms with Crippen LogP contribution in [0.15, 0.2) is 48.5 Å². The van der Waals surface area contributed by atoms with Gasteiger partial charge < -0.3 is 0 Å². The lowest BCUT2D eigenvalue weighted by molar-refractivity contribution is 0.482. The molecule has 0 aliphatic heterocycles. The second kappa shape index (κ2) is 5.50. The van der Waals surface area contributed by atoms with E-state index in [2.05, 4.69) is 0 Å². The van der Waals surface area contributed by atoms with Crippen LogP contribution in [-0.4, -0.2) is 18.7 Å². The first kappa shape index (κ1) is 13.7. The van der Waals surface area contributed by atoms with Crippen LogP contribution < -0.4 is 0 Å². The van der Waals surface area contributed by atoms with Crippen molar-refractivity contribution >= 4 is 10.1 Å². The molecule has 0 saturated carbocycles. The van der Waals surface area contributed by atoms with Crippen molar-refractivity contribution in [3.05, 3.63) is 59.9 Å². The van der Waals surface area contributed by atoms with Gasteiger partial charge in [0.2, 0.25) is 0 Å². The summed E-state index contributed by atoms with van der Waals surface area (Å²) in [5.74, 6) is -0.960. The second-order valence-corrected chi connectivity index (χ2v) is 5.74. The van der Waals surface area contributed by atoms with Crippen molar-refractivity contribution in [2.45, 2.75) is 6.42 Å². The van der Waals surface area contributed by atoms with E-state index in [0.29, 0.717) is 11.1 Å². The molecule has 2 rings (SSSR count). The molecule has 1 N–H and O–H groups in total. The molecule has 100 valence electrons. The van der Waals surface area contributed by atoms with Gasteiger partial charge in [-0.25, -0.2) is 4.39 Å². The van der Waals surface area contributed by atoms with Gasteiger partial charge in [0, 0.05) is 0 Å². The lowest BCUT2D eigenvalue weighted by Crippen LogP contribution is -2.08. The summed E-state index contributed by atoms with van der Waals surface area (Å²) in [5.41, 5.74) is 1.75. The first-order valence-electron chi connectivity index (χ1n) is 5.75. The summed E-state index contributed by atoms with van der Waals surface area (Å²) in [6.07, 6.45) is -0.0598. The molecule has 0 saturated heterocycles. The normalized spacial score (nSPS) is 11.5. The number of hydrogen-bond donors (Lipinski definition) is 1. The van der Waals surface area contributed by atoms with Gasteiger partial charge >= 0.3 is 0 Å². The Balaban J connectivity index is 2.42. The van der Waals surface area contributed by atoms with Crippen molar-refractivity contribution in [3.8, 4) is 11.1 Å². The quantitative estimate of drug-likeness (QED) is 0.876. The third kappa shape index (κ3) is 3.62. The van der Waals surface area contributed by atoms with Gasteiger partial charge in [0.25, 0.3) is 10.1 Å². The lowest BCUT2D eigenvalue weighted by Gasteiger charge is -2.10. The van der Waals surface area contributed by atoms with Gasteiger partial charge in [-0.3, -0.25) is 4.55 Å². The van der Waals surface area contributed by atoms with Crippen LogP contribution in [0.3, 0.4) is 0 Å². The van der Waals surface area contributed by atoms with E-state index in [1.165, 1.54) is 6.07 Å². The topological polar surface area (TPSA) is 54.4 Å². The summed E-state index contributed by atoms with van der Waals surface area (Å²) in [6.45, 7) is 0. The highest BCUT2D eigenvalue weighted by atomic mass is 32.2. The average Bonchev–Trinajstić information content (AvgIpc) is 2.37. The fourth-order valence-electron chi connectivity index (χ4n) is 1.93. The molecule has 19 heavy (non-hydrogen) atoms. The largest absolute Gasteiger partial charge is 0.286 e. The highest BCUT2D eigenvalue weighted by molar-refractivity contribution is 7.85. The molecule has 0 radical (unpaired) electrons. The van der Waals surface area contributed by atoms with Crippen molar-refractivity contribution < 1.29 is 17.4 Å². The summed E-state index contributed by atoms with van der Waals surface area (Å²) in [5, 5.41) is 0. The van der Waals surface area contributed by atoms with Gasteiger partial charge in [0.05, 0.1) is 5.75 Å². The van der Waals surface area contributed by atoms with E-state index in [1.807, 2.05) is 30.3 Å². The Morgan fingerprint density at radius 3 is 2.32 bits per heavy atom. The second-order valence-electron chi connectivity index (χ2n) is 4.17.